The van der Waals surface area contributed by atoms with Gasteiger partial charge in [-0.15, -0.1) is 0 Å². The van der Waals surface area contributed by atoms with Gasteiger partial charge in [0.1, 0.15) is 17.6 Å². The van der Waals surface area contributed by atoms with E-state index >= 15 is 0 Å². The molecule has 1 aliphatic carbocycles. The number of carbonyl (C=O) groups is 3. The topological polar surface area (TPSA) is 128 Å². The fraction of sp³-hybridized carbons (Fsp3) is 0.455. The molecular weight excluding hydrogens is 401 g/mol. The van der Waals surface area contributed by atoms with Crippen molar-refractivity contribution in [1.29, 1.82) is 5.41 Å². The van der Waals surface area contributed by atoms with Gasteiger partial charge in [-0.1, -0.05) is 18.2 Å². The van der Waals surface area contributed by atoms with Crippen molar-refractivity contribution in [2.24, 2.45) is 11.7 Å². The van der Waals surface area contributed by atoms with E-state index in [1.807, 2.05) is 0 Å². The SMILES string of the molecule is CC(C)=C(F)[C@@H](C)NC(=O)[C@@H]1C[C@H]2C[C@H]2N1C(=O)CNc1ccccc1C(=N)C(N)=O. The summed E-state index contributed by atoms with van der Waals surface area (Å²) in [6.07, 6.45) is 1.42. The summed E-state index contributed by atoms with van der Waals surface area (Å²) in [4.78, 5) is 38.7. The summed E-state index contributed by atoms with van der Waals surface area (Å²) >= 11 is 0. The molecule has 2 fully saturated rings. The molecule has 9 heteroatoms. The highest BCUT2D eigenvalue weighted by Crippen LogP contribution is 2.47. The Bertz CT molecular complexity index is 956. The van der Waals surface area contributed by atoms with Crippen molar-refractivity contribution in [2.75, 3.05) is 11.9 Å². The summed E-state index contributed by atoms with van der Waals surface area (Å²) in [6, 6.07) is 5.24. The highest BCUT2D eigenvalue weighted by molar-refractivity contribution is 6.44. The second-order valence-electron chi connectivity index (χ2n) is 8.33. The Morgan fingerprint density at radius 3 is 2.58 bits per heavy atom. The highest BCUT2D eigenvalue weighted by Gasteiger charge is 2.55. The van der Waals surface area contributed by atoms with E-state index in [0.29, 0.717) is 29.2 Å². The first-order valence-electron chi connectivity index (χ1n) is 10.3. The predicted octanol–water partition coefficient (Wildman–Crippen LogP) is 1.71. The number of fused-ring (bicyclic) bond motifs is 1. The molecule has 1 heterocycles. The molecule has 0 radical (unpaired) electrons. The van der Waals surface area contributed by atoms with Crippen molar-refractivity contribution in [2.45, 2.75) is 51.7 Å². The van der Waals surface area contributed by atoms with Crippen LogP contribution in [0.4, 0.5) is 10.1 Å². The number of likely N-dealkylation sites (tertiary alicyclic amines) is 1. The Labute approximate surface area is 180 Å². The third kappa shape index (κ3) is 4.76. The first-order valence-corrected chi connectivity index (χ1v) is 10.3. The molecule has 0 aromatic heterocycles. The number of para-hydroxylation sites is 1. The van der Waals surface area contributed by atoms with Crippen molar-refractivity contribution in [3.8, 4) is 0 Å². The summed E-state index contributed by atoms with van der Waals surface area (Å²) in [6.45, 7) is 4.75. The van der Waals surface area contributed by atoms with Gasteiger partial charge in [0.15, 0.2) is 0 Å². The van der Waals surface area contributed by atoms with Crippen LogP contribution in [-0.2, 0) is 14.4 Å². The fourth-order valence-corrected chi connectivity index (χ4v) is 4.11. The first kappa shape index (κ1) is 22.5. The van der Waals surface area contributed by atoms with Gasteiger partial charge in [-0.2, -0.15) is 0 Å². The van der Waals surface area contributed by atoms with Gasteiger partial charge in [-0.3, -0.25) is 19.8 Å². The first-order chi connectivity index (χ1) is 14.6. The summed E-state index contributed by atoms with van der Waals surface area (Å²) in [5.74, 6) is -1.58. The molecule has 1 aromatic carbocycles. The zero-order valence-corrected chi connectivity index (χ0v) is 17.9. The number of amides is 3. The third-order valence-electron chi connectivity index (χ3n) is 5.78. The second-order valence-corrected chi connectivity index (χ2v) is 8.33. The molecule has 1 aliphatic heterocycles. The number of halogens is 1. The van der Waals surface area contributed by atoms with Crippen molar-refractivity contribution < 1.29 is 18.8 Å². The van der Waals surface area contributed by atoms with E-state index < -0.39 is 18.0 Å². The van der Waals surface area contributed by atoms with Gasteiger partial charge < -0.3 is 21.3 Å². The molecule has 0 spiro atoms. The predicted molar refractivity (Wildman–Crippen MR) is 115 cm³/mol. The number of anilines is 1. The highest BCUT2D eigenvalue weighted by atomic mass is 19.1. The largest absolute Gasteiger partial charge is 0.376 e. The average Bonchev–Trinajstić information content (AvgIpc) is 3.39. The number of nitrogens with zero attached hydrogens (tertiary/aromatic N) is 1. The summed E-state index contributed by atoms with van der Waals surface area (Å²) in [7, 11) is 0. The lowest BCUT2D eigenvalue weighted by Gasteiger charge is -2.28. The van der Waals surface area contributed by atoms with Gasteiger partial charge >= 0.3 is 0 Å². The Morgan fingerprint density at radius 2 is 1.94 bits per heavy atom. The number of rotatable bonds is 8. The zero-order valence-electron chi connectivity index (χ0n) is 17.9. The Balaban J connectivity index is 1.67. The van der Waals surface area contributed by atoms with Crippen molar-refractivity contribution in [3.63, 3.8) is 0 Å². The van der Waals surface area contributed by atoms with Crippen molar-refractivity contribution >= 4 is 29.1 Å². The molecule has 31 heavy (non-hydrogen) atoms. The fourth-order valence-electron chi connectivity index (χ4n) is 4.11. The molecule has 5 N–H and O–H groups in total. The number of primary amides is 1. The molecular formula is C22H28FN5O3. The molecule has 4 atom stereocenters. The van der Waals surface area contributed by atoms with Crippen LogP contribution in [0.5, 0.6) is 0 Å². The molecule has 166 valence electrons. The number of carbonyl (C=O) groups excluding carboxylic acids is 3. The zero-order chi connectivity index (χ0) is 22.9. The van der Waals surface area contributed by atoms with E-state index in [0.717, 1.165) is 6.42 Å². The maximum absolute atomic E-state index is 14.1. The third-order valence-corrected chi connectivity index (χ3v) is 5.78. The maximum Gasteiger partial charge on any atom is 0.267 e. The normalized spacial score (nSPS) is 22.2. The van der Waals surface area contributed by atoms with Crippen LogP contribution < -0.4 is 16.4 Å². The summed E-state index contributed by atoms with van der Waals surface area (Å²) in [5, 5.41) is 13.5. The van der Waals surface area contributed by atoms with E-state index in [1.165, 1.54) is 0 Å². The Morgan fingerprint density at radius 1 is 1.26 bits per heavy atom. The van der Waals surface area contributed by atoms with E-state index in [-0.39, 0.29) is 35.9 Å². The number of allylic oxidation sites excluding steroid dienone is 1. The molecule has 3 rings (SSSR count). The number of piperidine rings is 1. The molecule has 2 aliphatic rings. The number of nitrogens with two attached hydrogens (primary N) is 1. The second kappa shape index (κ2) is 8.87. The van der Waals surface area contributed by atoms with E-state index in [2.05, 4.69) is 10.6 Å². The number of benzene rings is 1. The standard InChI is InChI=1S/C22H28FN5O3/c1-11(2)19(23)12(3)27-22(31)17-9-13-8-16(13)28(17)18(29)10-26-15-7-5-4-6-14(15)20(24)21(25)30/h4-7,12-13,16-17,24,26H,8-10H2,1-3H3,(H2,25,30)(H,27,31)/t12-,13-,16-,17+/m1/s1. The minimum absolute atomic E-state index is 0.0211. The van der Waals surface area contributed by atoms with E-state index in [1.54, 1.807) is 49.9 Å². The lowest BCUT2D eigenvalue weighted by atomic mass is 10.1. The molecule has 8 nitrogen and oxygen atoms in total. The average molecular weight is 429 g/mol. The van der Waals surface area contributed by atoms with Crippen LogP contribution in [0.1, 0.15) is 39.2 Å². The quantitative estimate of drug-likeness (QED) is 0.469. The van der Waals surface area contributed by atoms with Crippen LogP contribution >= 0.6 is 0 Å². The monoisotopic (exact) mass is 429 g/mol. The van der Waals surface area contributed by atoms with Crippen LogP contribution in [0.15, 0.2) is 35.7 Å². The van der Waals surface area contributed by atoms with Crippen molar-refractivity contribution in [1.82, 2.24) is 10.2 Å². The molecule has 0 bridgehead atoms. The van der Waals surface area contributed by atoms with E-state index in [9.17, 15) is 18.8 Å². The van der Waals surface area contributed by atoms with Crippen LogP contribution in [0.2, 0.25) is 0 Å². The van der Waals surface area contributed by atoms with E-state index in [4.69, 9.17) is 11.1 Å². The number of hydrogen-bond donors (Lipinski definition) is 4. The van der Waals surface area contributed by atoms with Crippen LogP contribution in [-0.4, -0.2) is 53.0 Å². The van der Waals surface area contributed by atoms with Crippen molar-refractivity contribution in [3.05, 3.63) is 41.2 Å². The summed E-state index contributed by atoms with van der Waals surface area (Å²) < 4.78 is 14.1. The lowest BCUT2D eigenvalue weighted by molar-refractivity contribution is -0.138. The minimum atomic E-state index is -0.865. The van der Waals surface area contributed by atoms with Gasteiger partial charge in [0.2, 0.25) is 11.8 Å². The molecule has 1 saturated heterocycles. The van der Waals surface area contributed by atoms with Crippen LogP contribution in [0.3, 0.4) is 0 Å². The Hall–Kier alpha value is -3.23. The smallest absolute Gasteiger partial charge is 0.267 e. The van der Waals surface area contributed by atoms with Gasteiger partial charge in [0.25, 0.3) is 5.91 Å². The van der Waals surface area contributed by atoms with Crippen LogP contribution in [0, 0.1) is 11.3 Å². The minimum Gasteiger partial charge on any atom is -0.376 e. The van der Waals surface area contributed by atoms with Gasteiger partial charge in [-0.05, 0) is 51.2 Å². The maximum atomic E-state index is 14.1. The van der Waals surface area contributed by atoms with Crippen LogP contribution in [0.25, 0.3) is 0 Å². The van der Waals surface area contributed by atoms with Gasteiger partial charge in [0, 0.05) is 17.3 Å². The molecule has 3 amide bonds. The summed E-state index contributed by atoms with van der Waals surface area (Å²) in [5.41, 5.74) is 6.09. The molecule has 1 saturated carbocycles. The number of nitrogens with one attached hydrogen (secondary N) is 3. The molecule has 1 aromatic rings. The van der Waals surface area contributed by atoms with Gasteiger partial charge in [-0.25, -0.2) is 4.39 Å². The lowest BCUT2D eigenvalue weighted by Crippen LogP contribution is -2.51. The Kier molecular flexibility index (Phi) is 6.42. The van der Waals surface area contributed by atoms with Gasteiger partial charge in [0.05, 0.1) is 12.6 Å². The number of hydrogen-bond acceptors (Lipinski definition) is 5. The molecule has 0 unspecified atom stereocenters.